The second-order valence-corrected chi connectivity index (χ2v) is 9.59. The van der Waals surface area contributed by atoms with Crippen LogP contribution in [-0.2, 0) is 9.53 Å². The molecule has 1 unspecified atom stereocenters. The molecule has 11 heteroatoms. The number of nitrogen functional groups attached to an aromatic ring is 1. The lowest BCUT2D eigenvalue weighted by molar-refractivity contribution is -0.139. The Labute approximate surface area is 221 Å². The van der Waals surface area contributed by atoms with E-state index in [1.807, 2.05) is 30.3 Å². The molecule has 4 aromatic rings. The van der Waals surface area contributed by atoms with Crippen molar-refractivity contribution in [3.05, 3.63) is 88.1 Å². The second-order valence-electron chi connectivity index (χ2n) is 8.57. The molecule has 1 aliphatic heterocycles. The summed E-state index contributed by atoms with van der Waals surface area (Å²) in [6.07, 6.45) is 1.94. The van der Waals surface area contributed by atoms with Gasteiger partial charge in [-0.3, -0.25) is 9.59 Å². The van der Waals surface area contributed by atoms with Gasteiger partial charge in [0.15, 0.2) is 0 Å². The van der Waals surface area contributed by atoms with Gasteiger partial charge in [-0.15, -0.1) is 11.3 Å². The number of thiophene rings is 1. The number of cyclic esters (lactones) is 1. The van der Waals surface area contributed by atoms with Crippen molar-refractivity contribution in [3.63, 3.8) is 0 Å². The van der Waals surface area contributed by atoms with Crippen LogP contribution in [0.25, 0.3) is 5.69 Å². The molecule has 190 valence electrons. The van der Waals surface area contributed by atoms with Crippen molar-refractivity contribution in [2.75, 3.05) is 17.7 Å². The molecule has 3 heterocycles. The third-order valence-corrected chi connectivity index (χ3v) is 7.28. The van der Waals surface area contributed by atoms with Crippen LogP contribution in [0.5, 0.6) is 0 Å². The van der Waals surface area contributed by atoms with E-state index in [2.05, 4.69) is 21.8 Å². The smallest absolute Gasteiger partial charge is 0.328 e. The van der Waals surface area contributed by atoms with Crippen molar-refractivity contribution < 1.29 is 19.1 Å². The van der Waals surface area contributed by atoms with Crippen molar-refractivity contribution in [2.45, 2.75) is 19.4 Å². The van der Waals surface area contributed by atoms with Crippen LogP contribution in [0.1, 0.15) is 43.3 Å². The molecule has 1 atom stereocenters. The quantitative estimate of drug-likeness (QED) is 0.243. The molecular weight excluding hydrogens is 504 g/mol. The Morgan fingerprint density at radius 3 is 2.58 bits per heavy atom. The lowest BCUT2D eigenvalue weighted by Crippen LogP contribution is -2.37. The molecule has 10 nitrogen and oxygen atoms in total. The number of hydrogen-bond acceptors (Lipinski definition) is 9. The number of carbonyl (C=O) groups excluding carboxylic acids is 3. The number of aromatic nitrogens is 2. The van der Waals surface area contributed by atoms with Gasteiger partial charge < -0.3 is 21.1 Å². The number of ketones is 1. The van der Waals surface area contributed by atoms with Gasteiger partial charge in [0.05, 0.1) is 35.4 Å². The third-order valence-electron chi connectivity index (χ3n) is 6.16. The maximum absolute atomic E-state index is 13.4. The standard InChI is InChI=1S/C27H22N6O4S/c1-15-20(14-30-33(15)18-5-3-2-4-6-18)23(34)24-22(29)19(13-28)26(38-24)31-17-9-7-16(8-10-17)25(35)32-21-11-12-37-27(21)36/h2-10,14,21,31H,11-12,29H2,1H3,(H,32,35). The minimum Gasteiger partial charge on any atom is -0.464 e. The molecule has 0 aliphatic carbocycles. The second kappa shape index (κ2) is 10.2. The number of para-hydroxylation sites is 1. The number of nitriles is 1. The highest BCUT2D eigenvalue weighted by atomic mass is 32.1. The summed E-state index contributed by atoms with van der Waals surface area (Å²) in [7, 11) is 0. The Morgan fingerprint density at radius 1 is 1.18 bits per heavy atom. The van der Waals surface area contributed by atoms with Crippen LogP contribution >= 0.6 is 11.3 Å². The fraction of sp³-hybridized carbons (Fsp3) is 0.148. The molecular formula is C27H22N6O4S. The molecule has 2 aromatic carbocycles. The molecule has 0 radical (unpaired) electrons. The number of anilines is 3. The molecule has 1 fully saturated rings. The first kappa shape index (κ1) is 24.7. The Bertz CT molecular complexity index is 1580. The minimum absolute atomic E-state index is 0.0938. The summed E-state index contributed by atoms with van der Waals surface area (Å²) in [4.78, 5) is 37.7. The van der Waals surface area contributed by atoms with E-state index in [1.165, 1.54) is 6.20 Å². The number of carbonyl (C=O) groups is 3. The number of esters is 1. The van der Waals surface area contributed by atoms with Crippen molar-refractivity contribution in [1.82, 2.24) is 15.1 Å². The Balaban J connectivity index is 1.35. The van der Waals surface area contributed by atoms with Crippen LogP contribution in [0.3, 0.4) is 0 Å². The summed E-state index contributed by atoms with van der Waals surface area (Å²) in [5, 5.41) is 20.3. The predicted octanol–water partition coefficient (Wildman–Crippen LogP) is 3.72. The van der Waals surface area contributed by atoms with Crippen LogP contribution in [0.15, 0.2) is 60.8 Å². The molecule has 38 heavy (non-hydrogen) atoms. The van der Waals surface area contributed by atoms with Crippen LogP contribution in [0.4, 0.5) is 16.4 Å². The number of nitrogens with one attached hydrogen (secondary N) is 2. The Hall–Kier alpha value is -4.95. The minimum atomic E-state index is -0.646. The fourth-order valence-corrected chi connectivity index (χ4v) is 5.15. The molecule has 0 bridgehead atoms. The maximum Gasteiger partial charge on any atom is 0.328 e. The van der Waals surface area contributed by atoms with Gasteiger partial charge in [-0.25, -0.2) is 9.48 Å². The van der Waals surface area contributed by atoms with E-state index < -0.39 is 17.9 Å². The van der Waals surface area contributed by atoms with Gasteiger partial charge in [0.25, 0.3) is 5.91 Å². The van der Waals surface area contributed by atoms with Crippen molar-refractivity contribution >= 4 is 45.4 Å². The highest BCUT2D eigenvalue weighted by molar-refractivity contribution is 7.19. The lowest BCUT2D eigenvalue weighted by atomic mass is 10.1. The third kappa shape index (κ3) is 4.60. The molecule has 4 N–H and O–H groups in total. The summed E-state index contributed by atoms with van der Waals surface area (Å²) < 4.78 is 6.54. The molecule has 1 saturated heterocycles. The molecule has 0 saturated carbocycles. The predicted molar refractivity (Wildman–Crippen MR) is 142 cm³/mol. The highest BCUT2D eigenvalue weighted by Crippen LogP contribution is 2.38. The number of benzene rings is 2. The average molecular weight is 527 g/mol. The molecule has 1 aliphatic rings. The number of rotatable bonds is 7. The molecule has 0 spiro atoms. The zero-order chi connectivity index (χ0) is 26.8. The van der Waals surface area contributed by atoms with Gasteiger partial charge in [0.1, 0.15) is 27.6 Å². The largest absolute Gasteiger partial charge is 0.464 e. The summed E-state index contributed by atoms with van der Waals surface area (Å²) in [5.41, 5.74) is 9.31. The summed E-state index contributed by atoms with van der Waals surface area (Å²) in [5.74, 6) is -1.16. The van der Waals surface area contributed by atoms with Gasteiger partial charge in [0, 0.05) is 17.7 Å². The molecule has 2 aromatic heterocycles. The monoisotopic (exact) mass is 526 g/mol. The van der Waals surface area contributed by atoms with Gasteiger partial charge in [0.2, 0.25) is 5.78 Å². The number of hydrogen-bond donors (Lipinski definition) is 3. The van der Waals surface area contributed by atoms with Crippen LogP contribution in [0.2, 0.25) is 0 Å². The van der Waals surface area contributed by atoms with Gasteiger partial charge in [-0.1, -0.05) is 18.2 Å². The first-order chi connectivity index (χ1) is 18.4. The van der Waals surface area contributed by atoms with E-state index in [-0.39, 0.29) is 28.5 Å². The first-order valence-corrected chi connectivity index (χ1v) is 12.5. The molecule has 5 rings (SSSR count). The van der Waals surface area contributed by atoms with E-state index in [1.54, 1.807) is 35.9 Å². The zero-order valence-electron chi connectivity index (χ0n) is 20.2. The summed E-state index contributed by atoms with van der Waals surface area (Å²) in [6.45, 7) is 2.09. The van der Waals surface area contributed by atoms with Crippen molar-refractivity contribution in [1.29, 1.82) is 5.26 Å². The topological polar surface area (TPSA) is 152 Å². The van der Waals surface area contributed by atoms with E-state index in [4.69, 9.17) is 10.5 Å². The van der Waals surface area contributed by atoms with Crippen molar-refractivity contribution in [3.8, 4) is 11.8 Å². The maximum atomic E-state index is 13.4. The zero-order valence-corrected chi connectivity index (χ0v) is 21.0. The fourth-order valence-electron chi connectivity index (χ4n) is 4.10. The normalized spacial score (nSPS) is 14.5. The van der Waals surface area contributed by atoms with Gasteiger partial charge >= 0.3 is 5.97 Å². The van der Waals surface area contributed by atoms with E-state index in [0.29, 0.717) is 33.9 Å². The van der Waals surface area contributed by atoms with Crippen LogP contribution in [-0.4, -0.2) is 40.1 Å². The SMILES string of the molecule is Cc1c(C(=O)c2sc(Nc3ccc(C(=O)NC4CCOC4=O)cc3)c(C#N)c2N)cnn1-c1ccccc1. The van der Waals surface area contributed by atoms with Gasteiger partial charge in [-0.05, 0) is 43.3 Å². The summed E-state index contributed by atoms with van der Waals surface area (Å²) in [6, 6.07) is 17.4. The van der Waals surface area contributed by atoms with Gasteiger partial charge in [-0.2, -0.15) is 10.4 Å². The van der Waals surface area contributed by atoms with E-state index in [0.717, 1.165) is 17.0 Å². The van der Waals surface area contributed by atoms with Crippen molar-refractivity contribution in [2.24, 2.45) is 0 Å². The van der Waals surface area contributed by atoms with Crippen LogP contribution < -0.4 is 16.4 Å². The summed E-state index contributed by atoms with van der Waals surface area (Å²) >= 11 is 1.08. The Kier molecular flexibility index (Phi) is 6.64. The molecule has 1 amide bonds. The van der Waals surface area contributed by atoms with E-state index in [9.17, 15) is 19.6 Å². The number of nitrogens with two attached hydrogens (primary N) is 1. The Morgan fingerprint density at radius 2 is 1.92 bits per heavy atom. The highest BCUT2D eigenvalue weighted by Gasteiger charge is 2.28. The lowest BCUT2D eigenvalue weighted by Gasteiger charge is -2.10. The van der Waals surface area contributed by atoms with E-state index >= 15 is 0 Å². The number of amides is 1. The first-order valence-electron chi connectivity index (χ1n) is 11.7. The number of nitrogens with zero attached hydrogens (tertiary/aromatic N) is 3. The van der Waals surface area contributed by atoms with Crippen LogP contribution in [0, 0.1) is 18.3 Å². The number of ether oxygens (including phenoxy) is 1. The average Bonchev–Trinajstić information content (AvgIpc) is 3.61.